The average Bonchev–Trinajstić information content (AvgIpc) is 3.04. The first kappa shape index (κ1) is 16.8. The quantitative estimate of drug-likeness (QED) is 0.727. The molecule has 3 aromatic rings. The second-order valence-corrected chi connectivity index (χ2v) is 7.67. The number of aromatic hydroxyl groups is 1. The topological polar surface area (TPSA) is 41.3 Å². The van der Waals surface area contributed by atoms with E-state index in [0.29, 0.717) is 11.1 Å². The van der Waals surface area contributed by atoms with Crippen molar-refractivity contribution in [1.82, 2.24) is 9.55 Å². The van der Waals surface area contributed by atoms with Gasteiger partial charge in [-0.05, 0) is 42.5 Å². The number of hydrogen-bond donors (Lipinski definition) is 1. The molecule has 0 amide bonds. The maximum absolute atomic E-state index is 14.3. The molecule has 1 saturated heterocycles. The van der Waals surface area contributed by atoms with E-state index in [4.69, 9.17) is 0 Å². The summed E-state index contributed by atoms with van der Waals surface area (Å²) in [6.07, 6.45) is 3.74. The number of nitrogens with zero attached hydrogens (tertiary/aromatic N) is 3. The number of aromatic nitrogens is 2. The zero-order valence-electron chi connectivity index (χ0n) is 14.8. The van der Waals surface area contributed by atoms with E-state index in [1.165, 1.54) is 10.9 Å². The van der Waals surface area contributed by atoms with Gasteiger partial charge >= 0.3 is 0 Å². The molecule has 136 valence electrons. The largest absolute Gasteiger partial charge is 0.503 e. The second-order valence-electron chi connectivity index (χ2n) is 7.67. The number of phenols is 1. The van der Waals surface area contributed by atoms with Crippen molar-refractivity contribution in [2.24, 2.45) is 5.41 Å². The summed E-state index contributed by atoms with van der Waals surface area (Å²) in [4.78, 5) is 6.40. The Bertz CT molecular complexity index is 953. The third-order valence-corrected chi connectivity index (χ3v) is 5.31. The van der Waals surface area contributed by atoms with E-state index in [-0.39, 0.29) is 11.0 Å². The Morgan fingerprint density at radius 3 is 2.31 bits per heavy atom. The van der Waals surface area contributed by atoms with Gasteiger partial charge in [0.25, 0.3) is 0 Å². The third-order valence-electron chi connectivity index (χ3n) is 5.31. The number of hydrogen-bond acceptors (Lipinski definition) is 3. The molecule has 6 heteroatoms. The lowest BCUT2D eigenvalue weighted by molar-refractivity contribution is 0.280. The maximum atomic E-state index is 14.3. The van der Waals surface area contributed by atoms with Gasteiger partial charge in [0, 0.05) is 30.5 Å². The van der Waals surface area contributed by atoms with E-state index >= 15 is 0 Å². The molecule has 0 saturated carbocycles. The Balaban J connectivity index is 1.66. The number of anilines is 1. The Hall–Kier alpha value is -2.63. The molecule has 0 aliphatic carbocycles. The van der Waals surface area contributed by atoms with E-state index in [9.17, 15) is 13.9 Å². The van der Waals surface area contributed by atoms with Crippen LogP contribution in [0.4, 0.5) is 14.5 Å². The van der Waals surface area contributed by atoms with Gasteiger partial charge in [0.2, 0.25) is 0 Å². The normalized spacial score (nSPS) is 17.0. The molecule has 2 aromatic carbocycles. The highest BCUT2D eigenvalue weighted by Gasteiger charge is 2.25. The Morgan fingerprint density at radius 1 is 1.04 bits per heavy atom. The highest BCUT2D eigenvalue weighted by atomic mass is 19.1. The molecule has 26 heavy (non-hydrogen) atoms. The number of phenolic OH excluding ortho intramolecular Hbond substituents is 1. The number of halogens is 2. The summed E-state index contributed by atoms with van der Waals surface area (Å²) < 4.78 is 29.3. The molecule has 0 radical (unpaired) electrons. The van der Waals surface area contributed by atoms with Crippen molar-refractivity contribution >= 4 is 16.7 Å². The van der Waals surface area contributed by atoms with Gasteiger partial charge in [-0.1, -0.05) is 13.8 Å². The minimum atomic E-state index is -1.01. The molecule has 4 nitrogen and oxygen atoms in total. The fourth-order valence-electron chi connectivity index (χ4n) is 3.48. The van der Waals surface area contributed by atoms with Crippen molar-refractivity contribution in [3.63, 3.8) is 0 Å². The lowest BCUT2D eigenvalue weighted by Crippen LogP contribution is -2.37. The molecule has 0 spiro atoms. The van der Waals surface area contributed by atoms with E-state index < -0.39 is 17.4 Å². The summed E-state index contributed by atoms with van der Waals surface area (Å²) >= 11 is 0. The van der Waals surface area contributed by atoms with Crippen molar-refractivity contribution in [3.8, 4) is 11.4 Å². The summed E-state index contributed by atoms with van der Waals surface area (Å²) in [5.74, 6) is -2.99. The van der Waals surface area contributed by atoms with Gasteiger partial charge in [0.1, 0.15) is 11.8 Å². The Labute approximate surface area is 150 Å². The van der Waals surface area contributed by atoms with Crippen LogP contribution in [-0.2, 0) is 0 Å². The van der Waals surface area contributed by atoms with Gasteiger partial charge in [-0.25, -0.2) is 13.8 Å². The van der Waals surface area contributed by atoms with Crippen LogP contribution in [0.5, 0.6) is 5.75 Å². The first-order valence-corrected chi connectivity index (χ1v) is 8.75. The van der Waals surface area contributed by atoms with E-state index in [2.05, 4.69) is 23.7 Å². The van der Waals surface area contributed by atoms with Crippen LogP contribution in [0.25, 0.3) is 16.7 Å². The molecule has 2 heterocycles. The maximum Gasteiger partial charge on any atom is 0.194 e. The van der Waals surface area contributed by atoms with Crippen molar-refractivity contribution in [3.05, 3.63) is 48.3 Å². The van der Waals surface area contributed by atoms with Crippen LogP contribution in [0.15, 0.2) is 36.7 Å². The zero-order chi connectivity index (χ0) is 18.5. The molecule has 0 atom stereocenters. The predicted molar refractivity (Wildman–Crippen MR) is 97.9 cm³/mol. The molecular formula is C20H21F2N3O. The fraction of sp³-hybridized carbons (Fsp3) is 0.350. The van der Waals surface area contributed by atoms with Gasteiger partial charge in [-0.2, -0.15) is 0 Å². The van der Waals surface area contributed by atoms with Crippen LogP contribution in [-0.4, -0.2) is 27.7 Å². The number of piperidine rings is 1. The van der Waals surface area contributed by atoms with Crippen LogP contribution in [0, 0.1) is 17.0 Å². The van der Waals surface area contributed by atoms with Crippen LogP contribution in [0.2, 0.25) is 0 Å². The monoisotopic (exact) mass is 357 g/mol. The van der Waals surface area contributed by atoms with E-state index in [1.807, 2.05) is 24.3 Å². The molecule has 1 aliphatic rings. The van der Waals surface area contributed by atoms with Gasteiger partial charge in [0.05, 0.1) is 5.52 Å². The van der Waals surface area contributed by atoms with Gasteiger partial charge in [-0.15, -0.1) is 0 Å². The summed E-state index contributed by atoms with van der Waals surface area (Å²) in [7, 11) is 0. The SMILES string of the molecule is CC1(C)CCN(c2ccc(-n3cnc4cc(F)c(O)c(F)c43)cc2)CC1. The minimum absolute atomic E-state index is 0.0661. The molecular weight excluding hydrogens is 336 g/mol. The lowest BCUT2D eigenvalue weighted by atomic mass is 9.82. The van der Waals surface area contributed by atoms with Crippen molar-refractivity contribution in [2.45, 2.75) is 26.7 Å². The first-order chi connectivity index (χ1) is 12.4. The smallest absolute Gasteiger partial charge is 0.194 e. The van der Waals surface area contributed by atoms with Crippen molar-refractivity contribution < 1.29 is 13.9 Å². The number of fused-ring (bicyclic) bond motifs is 1. The molecule has 1 N–H and O–H groups in total. The zero-order valence-corrected chi connectivity index (χ0v) is 14.8. The minimum Gasteiger partial charge on any atom is -0.503 e. The fourth-order valence-corrected chi connectivity index (χ4v) is 3.48. The molecule has 1 aromatic heterocycles. The summed E-state index contributed by atoms with van der Waals surface area (Å²) in [6, 6.07) is 8.81. The summed E-state index contributed by atoms with van der Waals surface area (Å²) in [5, 5.41) is 9.55. The van der Waals surface area contributed by atoms with E-state index in [1.54, 1.807) is 0 Å². The Morgan fingerprint density at radius 2 is 1.65 bits per heavy atom. The van der Waals surface area contributed by atoms with Crippen LogP contribution < -0.4 is 4.90 Å². The molecule has 0 bridgehead atoms. The average molecular weight is 357 g/mol. The van der Waals surface area contributed by atoms with Crippen molar-refractivity contribution in [1.29, 1.82) is 0 Å². The van der Waals surface area contributed by atoms with Crippen LogP contribution in [0.3, 0.4) is 0 Å². The van der Waals surface area contributed by atoms with Crippen LogP contribution in [0.1, 0.15) is 26.7 Å². The lowest BCUT2D eigenvalue weighted by Gasteiger charge is -2.38. The first-order valence-electron chi connectivity index (χ1n) is 8.75. The molecule has 1 fully saturated rings. The highest BCUT2D eigenvalue weighted by Crippen LogP contribution is 2.33. The van der Waals surface area contributed by atoms with Crippen molar-refractivity contribution in [2.75, 3.05) is 18.0 Å². The predicted octanol–water partition coefficient (Wildman–Crippen LogP) is 4.64. The highest BCUT2D eigenvalue weighted by molar-refractivity contribution is 5.80. The molecule has 1 aliphatic heterocycles. The summed E-state index contributed by atoms with van der Waals surface area (Å²) in [6.45, 7) is 6.62. The molecule has 4 rings (SSSR count). The number of imidazole rings is 1. The Kier molecular flexibility index (Phi) is 3.86. The number of rotatable bonds is 2. The number of benzene rings is 2. The second kappa shape index (κ2) is 5.97. The van der Waals surface area contributed by atoms with Gasteiger partial charge < -0.3 is 10.0 Å². The third kappa shape index (κ3) is 2.79. The van der Waals surface area contributed by atoms with Gasteiger partial charge in [0.15, 0.2) is 17.4 Å². The van der Waals surface area contributed by atoms with Gasteiger partial charge in [-0.3, -0.25) is 4.57 Å². The van der Waals surface area contributed by atoms with E-state index in [0.717, 1.165) is 37.7 Å². The van der Waals surface area contributed by atoms with Crippen LogP contribution >= 0.6 is 0 Å². The molecule has 0 unspecified atom stereocenters. The summed E-state index contributed by atoms with van der Waals surface area (Å²) in [5.41, 5.74) is 2.46. The standard InChI is InChI=1S/C20H21F2N3O/c1-20(2)7-9-24(10-8-20)13-3-5-14(6-4-13)25-12-23-16-11-15(21)19(26)17(22)18(16)25/h3-6,11-12,26H,7-10H2,1-2H3.